The maximum atomic E-state index is 3.67. The summed E-state index contributed by atoms with van der Waals surface area (Å²) in [6.07, 6.45) is 0. The lowest BCUT2D eigenvalue weighted by molar-refractivity contribution is 1.18. The Balaban J connectivity index is 1.37. The summed E-state index contributed by atoms with van der Waals surface area (Å²) < 4.78 is 3.46. The molecule has 1 aromatic heterocycles. The molecule has 0 aliphatic rings. The van der Waals surface area contributed by atoms with E-state index in [-0.39, 0.29) is 0 Å². The van der Waals surface area contributed by atoms with E-state index in [9.17, 15) is 0 Å². The number of aromatic nitrogens is 1. The molecule has 2 heteroatoms. The van der Waals surface area contributed by atoms with Crippen molar-refractivity contribution in [2.24, 2.45) is 0 Å². The fraction of sp³-hybridized carbons (Fsp3) is 0. The highest BCUT2D eigenvalue weighted by atomic mass is 79.9. The molecular weight excluding hydrogens is 550 g/mol. The monoisotopic (exact) mass is 573 g/mol. The molecule has 0 fully saturated rings. The average molecular weight is 575 g/mol. The van der Waals surface area contributed by atoms with Crippen molar-refractivity contribution in [3.8, 4) is 27.9 Å². The summed E-state index contributed by atoms with van der Waals surface area (Å²) in [4.78, 5) is 0. The van der Waals surface area contributed by atoms with Gasteiger partial charge in [0, 0.05) is 20.9 Å². The van der Waals surface area contributed by atoms with Gasteiger partial charge in [0.2, 0.25) is 0 Å². The van der Waals surface area contributed by atoms with Crippen LogP contribution in [0.1, 0.15) is 0 Å². The first-order valence-electron chi connectivity index (χ1n) is 13.6. The van der Waals surface area contributed by atoms with E-state index in [0.29, 0.717) is 0 Å². The van der Waals surface area contributed by atoms with E-state index >= 15 is 0 Å². The van der Waals surface area contributed by atoms with E-state index in [4.69, 9.17) is 0 Å². The van der Waals surface area contributed by atoms with E-state index in [1.807, 2.05) is 0 Å². The zero-order valence-electron chi connectivity index (χ0n) is 21.7. The third kappa shape index (κ3) is 3.53. The van der Waals surface area contributed by atoms with Gasteiger partial charge in [-0.1, -0.05) is 125 Å². The minimum absolute atomic E-state index is 1.09. The Bertz CT molecular complexity index is 2150. The predicted octanol–water partition coefficient (Wildman–Crippen LogP) is 11.2. The number of hydrogen-bond donors (Lipinski definition) is 0. The molecule has 0 atom stereocenters. The quantitative estimate of drug-likeness (QED) is 0.185. The van der Waals surface area contributed by atoms with Gasteiger partial charge in [-0.05, 0) is 80.2 Å². The highest BCUT2D eigenvalue weighted by molar-refractivity contribution is 9.10. The SMILES string of the molecule is Brc1ccc2c(c1)c1ccccc1n2-c1ccc(-c2c3ccccc3c(-c3ccccc3)c3ccccc23)cc1. The Morgan fingerprint density at radius 1 is 0.375 bits per heavy atom. The molecular formula is C38H24BrN. The molecule has 7 aromatic carbocycles. The largest absolute Gasteiger partial charge is 0.309 e. The number of fused-ring (bicyclic) bond motifs is 5. The second-order valence-electron chi connectivity index (χ2n) is 10.3. The van der Waals surface area contributed by atoms with Gasteiger partial charge in [0.05, 0.1) is 11.0 Å². The number of halogens is 1. The summed E-state index contributed by atoms with van der Waals surface area (Å²) in [7, 11) is 0. The van der Waals surface area contributed by atoms with Crippen molar-refractivity contribution in [1.29, 1.82) is 0 Å². The summed E-state index contributed by atoms with van der Waals surface area (Å²) in [5.74, 6) is 0. The lowest BCUT2D eigenvalue weighted by atomic mass is 9.86. The molecule has 8 aromatic rings. The Labute approximate surface area is 241 Å². The molecule has 0 N–H and O–H groups in total. The van der Waals surface area contributed by atoms with Crippen molar-refractivity contribution in [1.82, 2.24) is 4.57 Å². The zero-order chi connectivity index (χ0) is 26.6. The summed E-state index contributed by atoms with van der Waals surface area (Å²) >= 11 is 3.67. The summed E-state index contributed by atoms with van der Waals surface area (Å²) in [5, 5.41) is 7.61. The normalized spacial score (nSPS) is 11.6. The summed E-state index contributed by atoms with van der Waals surface area (Å²) in [5.41, 5.74) is 8.62. The molecule has 40 heavy (non-hydrogen) atoms. The minimum atomic E-state index is 1.09. The van der Waals surface area contributed by atoms with Gasteiger partial charge in [0.25, 0.3) is 0 Å². The first-order valence-corrected chi connectivity index (χ1v) is 14.4. The molecule has 188 valence electrons. The second kappa shape index (κ2) is 9.22. The molecule has 0 amide bonds. The van der Waals surface area contributed by atoms with E-state index in [2.05, 4.69) is 166 Å². The maximum absolute atomic E-state index is 3.67. The highest BCUT2D eigenvalue weighted by Crippen LogP contribution is 2.44. The van der Waals surface area contributed by atoms with Gasteiger partial charge in [-0.15, -0.1) is 0 Å². The van der Waals surface area contributed by atoms with Crippen LogP contribution in [-0.2, 0) is 0 Å². The fourth-order valence-electron chi connectivity index (χ4n) is 6.36. The Kier molecular flexibility index (Phi) is 5.36. The number of benzene rings is 7. The van der Waals surface area contributed by atoms with Crippen molar-refractivity contribution in [2.45, 2.75) is 0 Å². The second-order valence-corrected chi connectivity index (χ2v) is 11.2. The van der Waals surface area contributed by atoms with E-state index in [1.54, 1.807) is 0 Å². The molecule has 0 unspecified atom stereocenters. The van der Waals surface area contributed by atoms with Gasteiger partial charge >= 0.3 is 0 Å². The number of para-hydroxylation sites is 1. The van der Waals surface area contributed by atoms with Gasteiger partial charge in [-0.25, -0.2) is 0 Å². The van der Waals surface area contributed by atoms with Crippen LogP contribution in [0.4, 0.5) is 0 Å². The van der Waals surface area contributed by atoms with Gasteiger partial charge in [-0.3, -0.25) is 0 Å². The lowest BCUT2D eigenvalue weighted by Crippen LogP contribution is -1.94. The highest BCUT2D eigenvalue weighted by Gasteiger charge is 2.17. The maximum Gasteiger partial charge on any atom is 0.0541 e. The van der Waals surface area contributed by atoms with Crippen molar-refractivity contribution in [3.63, 3.8) is 0 Å². The third-order valence-electron chi connectivity index (χ3n) is 8.04. The van der Waals surface area contributed by atoms with Crippen molar-refractivity contribution in [2.75, 3.05) is 0 Å². The molecule has 0 saturated carbocycles. The van der Waals surface area contributed by atoms with Gasteiger partial charge in [0.15, 0.2) is 0 Å². The number of nitrogens with zero attached hydrogens (tertiary/aromatic N) is 1. The predicted molar refractivity (Wildman–Crippen MR) is 174 cm³/mol. The van der Waals surface area contributed by atoms with Crippen LogP contribution in [0, 0.1) is 0 Å². The first-order chi connectivity index (χ1) is 19.8. The lowest BCUT2D eigenvalue weighted by Gasteiger charge is -2.18. The van der Waals surface area contributed by atoms with Gasteiger partial charge < -0.3 is 4.57 Å². The summed E-state index contributed by atoms with van der Waals surface area (Å²) in [6, 6.07) is 52.7. The van der Waals surface area contributed by atoms with Crippen LogP contribution in [0.25, 0.3) is 71.3 Å². The van der Waals surface area contributed by atoms with Gasteiger partial charge in [-0.2, -0.15) is 0 Å². The molecule has 0 saturated heterocycles. The van der Waals surface area contributed by atoms with Crippen LogP contribution in [0.2, 0.25) is 0 Å². The van der Waals surface area contributed by atoms with E-state index in [0.717, 1.165) is 10.2 Å². The molecule has 0 spiro atoms. The summed E-state index contributed by atoms with van der Waals surface area (Å²) in [6.45, 7) is 0. The number of hydrogen-bond acceptors (Lipinski definition) is 0. The molecule has 0 aliphatic carbocycles. The van der Waals surface area contributed by atoms with Crippen LogP contribution in [0.5, 0.6) is 0 Å². The van der Waals surface area contributed by atoms with Crippen LogP contribution >= 0.6 is 15.9 Å². The molecule has 0 bridgehead atoms. The van der Waals surface area contributed by atoms with Crippen LogP contribution in [0.3, 0.4) is 0 Å². The standard InChI is InChI=1S/C38H24BrN/c39-27-20-23-36-34(24-27)29-12-8-9-17-35(29)40(36)28-21-18-26(19-22-28)38-32-15-6-4-13-30(32)37(25-10-2-1-3-11-25)31-14-5-7-16-33(31)38/h1-24H. The molecule has 1 nitrogen and oxygen atoms in total. The van der Waals surface area contributed by atoms with Crippen molar-refractivity contribution >= 4 is 59.3 Å². The topological polar surface area (TPSA) is 4.93 Å². The van der Waals surface area contributed by atoms with Crippen LogP contribution in [0.15, 0.2) is 150 Å². The Morgan fingerprint density at radius 2 is 0.850 bits per heavy atom. The third-order valence-corrected chi connectivity index (χ3v) is 8.54. The van der Waals surface area contributed by atoms with E-state index in [1.165, 1.54) is 65.6 Å². The van der Waals surface area contributed by atoms with Crippen LogP contribution < -0.4 is 0 Å². The van der Waals surface area contributed by atoms with Gasteiger partial charge in [0.1, 0.15) is 0 Å². The average Bonchev–Trinajstić information content (AvgIpc) is 3.34. The van der Waals surface area contributed by atoms with Crippen LogP contribution in [-0.4, -0.2) is 4.57 Å². The minimum Gasteiger partial charge on any atom is -0.309 e. The molecule has 1 heterocycles. The van der Waals surface area contributed by atoms with Crippen molar-refractivity contribution < 1.29 is 0 Å². The zero-order valence-corrected chi connectivity index (χ0v) is 23.3. The molecule has 0 radical (unpaired) electrons. The fourth-order valence-corrected chi connectivity index (χ4v) is 6.72. The van der Waals surface area contributed by atoms with E-state index < -0.39 is 0 Å². The first kappa shape index (κ1) is 23.2. The van der Waals surface area contributed by atoms with Crippen molar-refractivity contribution in [3.05, 3.63) is 150 Å². The Hall–Kier alpha value is -4.66. The molecule has 8 rings (SSSR count). The smallest absolute Gasteiger partial charge is 0.0541 e. The molecule has 0 aliphatic heterocycles. The number of rotatable bonds is 3. The Morgan fingerprint density at radius 3 is 1.45 bits per heavy atom.